The highest BCUT2D eigenvalue weighted by molar-refractivity contribution is 6.19. The van der Waals surface area contributed by atoms with E-state index in [2.05, 4.69) is 109 Å². The Kier molecular flexibility index (Phi) is 7.33. The molecule has 0 aliphatic rings. The predicted molar refractivity (Wildman–Crippen MR) is 197 cm³/mol. The van der Waals surface area contributed by atoms with E-state index in [9.17, 15) is 0 Å². The number of benzene rings is 7. The Morgan fingerprint density at radius 3 is 1.85 bits per heavy atom. The first-order valence-electron chi connectivity index (χ1n) is 15.7. The molecule has 47 heavy (non-hydrogen) atoms. The Morgan fingerprint density at radius 1 is 0.511 bits per heavy atom. The summed E-state index contributed by atoms with van der Waals surface area (Å²) in [5, 5.41) is 13.2. The van der Waals surface area contributed by atoms with Gasteiger partial charge in [0.1, 0.15) is 11.2 Å². The van der Waals surface area contributed by atoms with Crippen LogP contribution in [0.3, 0.4) is 0 Å². The van der Waals surface area contributed by atoms with Gasteiger partial charge in [-0.05, 0) is 63.0 Å². The van der Waals surface area contributed by atoms with E-state index in [0.717, 1.165) is 55.1 Å². The molecule has 0 bridgehead atoms. The van der Waals surface area contributed by atoms with Gasteiger partial charge in [-0.1, -0.05) is 146 Å². The Labute approximate surface area is 273 Å². The zero-order chi connectivity index (χ0) is 31.6. The number of nitrogens with one attached hydrogen (secondary N) is 1. The molecule has 0 spiro atoms. The summed E-state index contributed by atoms with van der Waals surface area (Å²) in [7, 11) is 0. The predicted octanol–water partition coefficient (Wildman–Crippen LogP) is 11.6. The van der Waals surface area contributed by atoms with Gasteiger partial charge in [0.15, 0.2) is 0 Å². The van der Waals surface area contributed by atoms with Crippen LogP contribution in [0.15, 0.2) is 179 Å². The molecule has 0 saturated carbocycles. The minimum absolute atomic E-state index is 0.402. The number of nitrogens with zero attached hydrogens (tertiary/aromatic N) is 1. The third-order valence-corrected chi connectivity index (χ3v) is 8.59. The maximum atomic E-state index is 8.82. The third kappa shape index (κ3) is 5.56. The molecule has 0 saturated heterocycles. The van der Waals surface area contributed by atoms with Gasteiger partial charge in [0.05, 0.1) is 11.4 Å². The molecule has 3 nitrogen and oxygen atoms in total. The van der Waals surface area contributed by atoms with Crippen LogP contribution in [0.1, 0.15) is 16.7 Å². The topological polar surface area (TPSA) is 49.4 Å². The molecule has 0 aliphatic carbocycles. The maximum Gasteiger partial charge on any atom is 0.143 e. The van der Waals surface area contributed by atoms with E-state index in [-0.39, 0.29) is 0 Å². The Morgan fingerprint density at radius 2 is 1.13 bits per heavy atom. The molecule has 1 N–H and O–H groups in total. The summed E-state index contributed by atoms with van der Waals surface area (Å²) in [6, 6.07) is 55.9. The summed E-state index contributed by atoms with van der Waals surface area (Å²) in [5.41, 5.74) is 10.2. The number of furan rings is 1. The number of fused-ring (bicyclic) bond motifs is 5. The van der Waals surface area contributed by atoms with Crippen molar-refractivity contribution >= 4 is 50.3 Å². The molecule has 1 aromatic heterocycles. The van der Waals surface area contributed by atoms with E-state index in [4.69, 9.17) is 14.8 Å². The Hall–Kier alpha value is -6.32. The van der Waals surface area contributed by atoms with Crippen molar-refractivity contribution in [2.45, 2.75) is 0 Å². The Bertz CT molecular complexity index is 2440. The quantitative estimate of drug-likeness (QED) is 0.181. The van der Waals surface area contributed by atoms with Crippen LogP contribution in [-0.4, -0.2) is 11.9 Å². The van der Waals surface area contributed by atoms with Crippen molar-refractivity contribution in [3.63, 3.8) is 0 Å². The molecule has 0 amide bonds. The van der Waals surface area contributed by atoms with Gasteiger partial charge in [0.25, 0.3) is 0 Å². The summed E-state index contributed by atoms with van der Waals surface area (Å²) in [6.07, 6.45) is 3.69. The van der Waals surface area contributed by atoms with Gasteiger partial charge in [-0.3, -0.25) is 4.99 Å². The van der Waals surface area contributed by atoms with Crippen molar-refractivity contribution in [3.05, 3.63) is 187 Å². The fraction of sp³-hybridized carbons (Fsp3) is 0. The van der Waals surface area contributed by atoms with E-state index in [1.807, 2.05) is 66.9 Å². The molecule has 0 radical (unpaired) electrons. The van der Waals surface area contributed by atoms with E-state index >= 15 is 0 Å². The van der Waals surface area contributed by atoms with Crippen LogP contribution in [0.2, 0.25) is 0 Å². The monoisotopic (exact) mass is 602 g/mol. The first-order valence-corrected chi connectivity index (χ1v) is 15.7. The van der Waals surface area contributed by atoms with E-state index < -0.39 is 0 Å². The lowest BCUT2D eigenvalue weighted by molar-refractivity contribution is 0.672. The molecule has 222 valence electrons. The lowest BCUT2D eigenvalue weighted by atomic mass is 9.95. The molecular formula is C44H30N2O. The molecule has 0 fully saturated rings. The van der Waals surface area contributed by atoms with Crippen molar-refractivity contribution in [2.24, 2.45) is 4.99 Å². The largest absolute Gasteiger partial charge is 0.455 e. The summed E-state index contributed by atoms with van der Waals surface area (Å²) in [4.78, 5) is 4.95. The number of rotatable bonds is 7. The lowest BCUT2D eigenvalue weighted by Gasteiger charge is -2.08. The van der Waals surface area contributed by atoms with Crippen molar-refractivity contribution < 1.29 is 4.42 Å². The van der Waals surface area contributed by atoms with Gasteiger partial charge in [0.2, 0.25) is 0 Å². The fourth-order valence-electron chi connectivity index (χ4n) is 6.19. The molecule has 7 aromatic carbocycles. The van der Waals surface area contributed by atoms with Crippen molar-refractivity contribution in [1.82, 2.24) is 0 Å². The molecule has 8 aromatic rings. The summed E-state index contributed by atoms with van der Waals surface area (Å²) >= 11 is 0. The fourth-order valence-corrected chi connectivity index (χ4v) is 6.19. The molecule has 0 unspecified atom stereocenters. The third-order valence-electron chi connectivity index (χ3n) is 8.59. The van der Waals surface area contributed by atoms with Crippen LogP contribution in [0.25, 0.3) is 60.7 Å². The average Bonchev–Trinajstić information content (AvgIpc) is 3.52. The molecule has 1 heterocycles. The van der Waals surface area contributed by atoms with Gasteiger partial charge in [-0.2, -0.15) is 0 Å². The molecule has 0 atom stereocenters. The van der Waals surface area contributed by atoms with Crippen LogP contribution < -0.4 is 0 Å². The minimum atomic E-state index is 0.402. The van der Waals surface area contributed by atoms with Gasteiger partial charge in [-0.15, -0.1) is 0 Å². The van der Waals surface area contributed by atoms with Crippen molar-refractivity contribution in [2.75, 3.05) is 0 Å². The second-order valence-electron chi connectivity index (χ2n) is 11.6. The van der Waals surface area contributed by atoms with Crippen LogP contribution in [-0.2, 0) is 0 Å². The Balaban J connectivity index is 1.19. The lowest BCUT2D eigenvalue weighted by Crippen LogP contribution is -1.96. The van der Waals surface area contributed by atoms with E-state index in [1.54, 1.807) is 0 Å². The highest BCUT2D eigenvalue weighted by Gasteiger charge is 2.15. The number of allylic oxidation sites excluding steroid dienone is 1. The zero-order valence-electron chi connectivity index (χ0n) is 25.6. The van der Waals surface area contributed by atoms with Crippen LogP contribution in [0.4, 0.5) is 0 Å². The SMILES string of the molecule is N=C(/C=C(\N=Cc1ccc2c(c1)oc1c3ccccc3c(-c3ccccc3)cc21)c1ccc(-c2ccccc2)cc1)c1ccccc1. The normalized spacial score (nSPS) is 12.0. The standard InChI is InChI=1S/C44H30N2O/c45-41(34-16-8-3-9-17-34)28-42(35-23-21-32(22-24-35)31-12-4-1-5-13-31)46-29-30-20-25-37-40-27-39(33-14-6-2-7-15-33)36-18-10-11-19-38(36)44(40)47-43(37)26-30/h1-29,45H/b42-28-,45-41?,46-29?. The summed E-state index contributed by atoms with van der Waals surface area (Å²) in [5.74, 6) is 0. The number of hydrogen-bond acceptors (Lipinski definition) is 3. The highest BCUT2D eigenvalue weighted by atomic mass is 16.3. The minimum Gasteiger partial charge on any atom is -0.455 e. The summed E-state index contributed by atoms with van der Waals surface area (Å²) in [6.45, 7) is 0. The van der Waals surface area contributed by atoms with Crippen LogP contribution >= 0.6 is 0 Å². The second-order valence-corrected chi connectivity index (χ2v) is 11.6. The van der Waals surface area contributed by atoms with Gasteiger partial charge < -0.3 is 9.83 Å². The highest BCUT2D eigenvalue weighted by Crippen LogP contribution is 2.39. The van der Waals surface area contributed by atoms with Crippen LogP contribution in [0, 0.1) is 5.41 Å². The molecule has 3 heteroatoms. The van der Waals surface area contributed by atoms with Gasteiger partial charge in [-0.25, -0.2) is 0 Å². The zero-order valence-corrected chi connectivity index (χ0v) is 25.6. The smallest absolute Gasteiger partial charge is 0.143 e. The van der Waals surface area contributed by atoms with Crippen LogP contribution in [0.5, 0.6) is 0 Å². The average molecular weight is 603 g/mol. The number of hydrogen-bond donors (Lipinski definition) is 1. The van der Waals surface area contributed by atoms with Crippen molar-refractivity contribution in [3.8, 4) is 22.3 Å². The first-order chi connectivity index (χ1) is 23.2. The van der Waals surface area contributed by atoms with Crippen molar-refractivity contribution in [1.29, 1.82) is 5.41 Å². The summed E-state index contributed by atoms with van der Waals surface area (Å²) < 4.78 is 6.56. The van der Waals surface area contributed by atoms with Gasteiger partial charge >= 0.3 is 0 Å². The second kappa shape index (κ2) is 12.2. The molecule has 0 aliphatic heterocycles. The van der Waals surface area contributed by atoms with E-state index in [1.165, 1.54) is 16.5 Å². The van der Waals surface area contributed by atoms with E-state index in [0.29, 0.717) is 11.4 Å². The maximum absolute atomic E-state index is 8.82. The number of aliphatic imine (C=N–C) groups is 1. The van der Waals surface area contributed by atoms with Gasteiger partial charge in [0, 0.05) is 27.9 Å². The molecule has 8 rings (SSSR count). The first kappa shape index (κ1) is 28.2. The molecular weight excluding hydrogens is 572 g/mol.